The fourth-order valence-corrected chi connectivity index (χ4v) is 3.21. The molecule has 1 saturated carbocycles. The van der Waals surface area contributed by atoms with E-state index in [-0.39, 0.29) is 11.8 Å². The van der Waals surface area contributed by atoms with Gasteiger partial charge < -0.3 is 10.0 Å². The number of carboxylic acid groups (broad SMARTS) is 1. The lowest BCUT2D eigenvalue weighted by Gasteiger charge is -2.22. The zero-order chi connectivity index (χ0) is 12.8. The van der Waals surface area contributed by atoms with Crippen molar-refractivity contribution in [1.82, 2.24) is 4.90 Å². The van der Waals surface area contributed by atoms with Crippen molar-refractivity contribution >= 4 is 6.09 Å². The highest BCUT2D eigenvalue weighted by Crippen LogP contribution is 2.57. The molecule has 3 rings (SSSR count). The Hall–Kier alpha value is -2.02. The van der Waals surface area contributed by atoms with Crippen molar-refractivity contribution in [1.29, 1.82) is 5.26 Å². The van der Waals surface area contributed by atoms with Crippen LogP contribution in [0, 0.1) is 17.2 Å². The molecule has 1 saturated heterocycles. The predicted molar refractivity (Wildman–Crippen MR) is 65.0 cm³/mol. The van der Waals surface area contributed by atoms with Crippen molar-refractivity contribution in [2.45, 2.75) is 24.3 Å². The summed E-state index contributed by atoms with van der Waals surface area (Å²) in [6.07, 6.45) is 0.744. The molecule has 2 aliphatic rings. The lowest BCUT2D eigenvalue weighted by molar-refractivity contribution is 0.131. The fourth-order valence-electron chi connectivity index (χ4n) is 3.21. The Bertz CT molecular complexity index is 516. The van der Waals surface area contributed by atoms with Crippen LogP contribution in [0.3, 0.4) is 0 Å². The first-order valence-corrected chi connectivity index (χ1v) is 6.14. The number of amides is 1. The lowest BCUT2D eigenvalue weighted by atomic mass is 9.85. The van der Waals surface area contributed by atoms with Crippen LogP contribution in [-0.4, -0.2) is 28.2 Å². The van der Waals surface area contributed by atoms with Crippen molar-refractivity contribution in [3.63, 3.8) is 0 Å². The minimum atomic E-state index is -0.897. The molecule has 1 aromatic rings. The summed E-state index contributed by atoms with van der Waals surface area (Å²) in [5.74, 6) is -0.203. The maximum atomic E-state index is 11.3. The Morgan fingerprint density at radius 3 is 2.56 bits per heavy atom. The zero-order valence-electron chi connectivity index (χ0n) is 9.91. The van der Waals surface area contributed by atoms with Crippen LogP contribution in [0.2, 0.25) is 0 Å². The van der Waals surface area contributed by atoms with Crippen LogP contribution in [0.15, 0.2) is 30.3 Å². The van der Waals surface area contributed by atoms with E-state index in [1.807, 2.05) is 30.3 Å². The number of nitrogens with zero attached hydrogens (tertiary/aromatic N) is 2. The van der Waals surface area contributed by atoms with Gasteiger partial charge in [0.2, 0.25) is 0 Å². The van der Waals surface area contributed by atoms with Gasteiger partial charge in [0.05, 0.1) is 17.5 Å². The van der Waals surface area contributed by atoms with Gasteiger partial charge in [0.25, 0.3) is 0 Å². The number of rotatable bonds is 1. The first-order valence-electron chi connectivity index (χ1n) is 6.14. The van der Waals surface area contributed by atoms with Crippen LogP contribution >= 0.6 is 0 Å². The number of hydrogen-bond donors (Lipinski definition) is 1. The van der Waals surface area contributed by atoms with E-state index in [1.165, 1.54) is 4.90 Å². The topological polar surface area (TPSA) is 64.3 Å². The van der Waals surface area contributed by atoms with E-state index in [0.717, 1.165) is 18.4 Å². The van der Waals surface area contributed by atoms with Crippen molar-refractivity contribution in [3.8, 4) is 6.07 Å². The van der Waals surface area contributed by atoms with E-state index in [2.05, 4.69) is 6.07 Å². The monoisotopic (exact) mass is 242 g/mol. The molecule has 0 radical (unpaired) electrons. The van der Waals surface area contributed by atoms with Gasteiger partial charge in [-0.25, -0.2) is 4.79 Å². The van der Waals surface area contributed by atoms with Gasteiger partial charge in [-0.3, -0.25) is 0 Å². The number of likely N-dealkylation sites (tertiary alicyclic amines) is 1. The molecule has 1 heterocycles. The van der Waals surface area contributed by atoms with E-state index in [0.29, 0.717) is 6.54 Å². The Kier molecular flexibility index (Phi) is 2.30. The summed E-state index contributed by atoms with van der Waals surface area (Å²) in [6, 6.07) is 12.1. The Balaban J connectivity index is 1.98. The molecule has 1 aliphatic heterocycles. The molecular weight excluding hydrogens is 228 g/mol. The summed E-state index contributed by atoms with van der Waals surface area (Å²) < 4.78 is 0. The van der Waals surface area contributed by atoms with Crippen LogP contribution in [0.5, 0.6) is 0 Å². The molecule has 0 unspecified atom stereocenters. The average molecular weight is 242 g/mol. The lowest BCUT2D eigenvalue weighted by Crippen LogP contribution is -2.38. The standard InChI is InChI=1S/C14H14N2O2/c15-8-12-11(10-4-2-1-3-5-10)9-16(13(17)18)14(12)6-7-14/h1-5,11-12H,6-7,9H2,(H,17,18)/t11-,12-/m0/s1. The van der Waals surface area contributed by atoms with Crippen molar-refractivity contribution in [2.75, 3.05) is 6.54 Å². The van der Waals surface area contributed by atoms with Gasteiger partial charge in [-0.2, -0.15) is 5.26 Å². The maximum Gasteiger partial charge on any atom is 0.407 e. The van der Waals surface area contributed by atoms with Gasteiger partial charge in [0, 0.05) is 12.5 Å². The minimum Gasteiger partial charge on any atom is -0.465 e. The summed E-state index contributed by atoms with van der Waals surface area (Å²) >= 11 is 0. The number of hydrogen-bond acceptors (Lipinski definition) is 2. The van der Waals surface area contributed by atoms with Gasteiger partial charge in [-0.05, 0) is 18.4 Å². The average Bonchev–Trinajstić information content (AvgIpc) is 3.07. The van der Waals surface area contributed by atoms with Gasteiger partial charge in [0.1, 0.15) is 0 Å². The highest BCUT2D eigenvalue weighted by molar-refractivity contribution is 5.68. The first-order chi connectivity index (χ1) is 8.69. The molecule has 1 aromatic carbocycles. The van der Waals surface area contributed by atoms with E-state index < -0.39 is 11.6 Å². The third-order valence-corrected chi connectivity index (χ3v) is 4.26. The van der Waals surface area contributed by atoms with E-state index in [4.69, 9.17) is 0 Å². The van der Waals surface area contributed by atoms with E-state index >= 15 is 0 Å². The molecule has 4 heteroatoms. The maximum absolute atomic E-state index is 11.3. The van der Waals surface area contributed by atoms with E-state index in [1.54, 1.807) is 0 Å². The summed E-state index contributed by atoms with van der Waals surface area (Å²) in [5.41, 5.74) is 0.667. The third kappa shape index (κ3) is 1.40. The molecule has 18 heavy (non-hydrogen) atoms. The molecule has 4 nitrogen and oxygen atoms in total. The molecule has 2 fully saturated rings. The second-order valence-corrected chi connectivity index (χ2v) is 5.12. The molecule has 1 N–H and O–H groups in total. The summed E-state index contributed by atoms with van der Waals surface area (Å²) in [7, 11) is 0. The largest absolute Gasteiger partial charge is 0.465 e. The highest BCUT2D eigenvalue weighted by Gasteiger charge is 2.63. The molecule has 0 aromatic heterocycles. The van der Waals surface area contributed by atoms with E-state index in [9.17, 15) is 15.2 Å². The number of carbonyl (C=O) groups is 1. The third-order valence-electron chi connectivity index (χ3n) is 4.26. The van der Waals surface area contributed by atoms with Crippen molar-refractivity contribution in [3.05, 3.63) is 35.9 Å². The molecule has 1 amide bonds. The predicted octanol–water partition coefficient (Wildman–Crippen LogP) is 2.44. The van der Waals surface area contributed by atoms with Crippen LogP contribution in [0.25, 0.3) is 0 Å². The first kappa shape index (κ1) is 11.1. The summed E-state index contributed by atoms with van der Waals surface area (Å²) in [4.78, 5) is 12.8. The van der Waals surface area contributed by atoms with Crippen LogP contribution < -0.4 is 0 Å². The normalized spacial score (nSPS) is 28.1. The molecule has 2 atom stereocenters. The van der Waals surface area contributed by atoms with Crippen LogP contribution in [-0.2, 0) is 0 Å². The highest BCUT2D eigenvalue weighted by atomic mass is 16.4. The SMILES string of the molecule is N#C[C@H]1[C@H](c2ccccc2)CN(C(=O)O)C12CC2. The van der Waals surface area contributed by atoms with Crippen molar-refractivity contribution < 1.29 is 9.90 Å². The fraction of sp³-hybridized carbons (Fsp3) is 0.429. The summed E-state index contributed by atoms with van der Waals surface area (Å²) in [5, 5.41) is 18.7. The Morgan fingerprint density at radius 2 is 2.06 bits per heavy atom. The quantitative estimate of drug-likeness (QED) is 0.822. The molecule has 1 spiro atoms. The molecular formula is C14H14N2O2. The molecule has 0 bridgehead atoms. The van der Waals surface area contributed by atoms with Gasteiger partial charge in [-0.1, -0.05) is 30.3 Å². The van der Waals surface area contributed by atoms with Gasteiger partial charge in [0.15, 0.2) is 0 Å². The Morgan fingerprint density at radius 1 is 1.39 bits per heavy atom. The summed E-state index contributed by atoms with van der Waals surface area (Å²) in [6.45, 7) is 0.442. The number of benzene rings is 1. The smallest absolute Gasteiger partial charge is 0.407 e. The van der Waals surface area contributed by atoms with Crippen LogP contribution in [0.1, 0.15) is 24.3 Å². The van der Waals surface area contributed by atoms with Crippen molar-refractivity contribution in [2.24, 2.45) is 5.92 Å². The van der Waals surface area contributed by atoms with Crippen LogP contribution in [0.4, 0.5) is 4.79 Å². The van der Waals surface area contributed by atoms with Gasteiger partial charge >= 0.3 is 6.09 Å². The van der Waals surface area contributed by atoms with Gasteiger partial charge in [-0.15, -0.1) is 0 Å². The second-order valence-electron chi connectivity index (χ2n) is 5.12. The molecule has 92 valence electrons. The Labute approximate surface area is 105 Å². The number of nitriles is 1. The zero-order valence-corrected chi connectivity index (χ0v) is 9.91. The second kappa shape index (κ2) is 3.74. The molecule has 1 aliphatic carbocycles. The minimum absolute atomic E-state index is 0.00907.